The molecule has 0 amide bonds. The van der Waals surface area contributed by atoms with Crippen molar-refractivity contribution >= 4 is 11.6 Å². The Kier molecular flexibility index (Phi) is 2.74. The van der Waals surface area contributed by atoms with Crippen molar-refractivity contribution in [1.29, 1.82) is 0 Å². The van der Waals surface area contributed by atoms with Gasteiger partial charge in [-0.25, -0.2) is 9.97 Å². The first-order valence-corrected chi connectivity index (χ1v) is 4.05. The molecule has 0 aliphatic heterocycles. The number of aromatic nitrogens is 2. The van der Waals surface area contributed by atoms with Gasteiger partial charge in [0.15, 0.2) is 5.60 Å². The summed E-state index contributed by atoms with van der Waals surface area (Å²) in [6, 6.07) is 1.51. The van der Waals surface area contributed by atoms with E-state index in [0.29, 0.717) is 11.0 Å². The second-order valence-electron chi connectivity index (χ2n) is 2.94. The average Bonchev–Trinajstić information content (AvgIpc) is 2.03. The van der Waals surface area contributed by atoms with Gasteiger partial charge in [0, 0.05) is 6.07 Å². The summed E-state index contributed by atoms with van der Waals surface area (Å²) in [6.07, 6.45) is 6.56. The molecule has 0 unspecified atom stereocenters. The van der Waals surface area contributed by atoms with Crippen LogP contribution in [-0.2, 0) is 0 Å². The quantitative estimate of drug-likeness (QED) is 0.536. The fourth-order valence-electron chi connectivity index (χ4n) is 0.664. The van der Waals surface area contributed by atoms with Crippen LogP contribution in [-0.4, -0.2) is 15.6 Å². The smallest absolute Gasteiger partial charge is 0.219 e. The number of rotatable bonds is 2. The highest BCUT2D eigenvalue weighted by Gasteiger charge is 2.16. The van der Waals surface area contributed by atoms with Crippen LogP contribution in [0.15, 0.2) is 12.4 Å². The fourth-order valence-corrected chi connectivity index (χ4v) is 0.801. The molecule has 0 aliphatic rings. The van der Waals surface area contributed by atoms with E-state index in [4.69, 9.17) is 22.8 Å². The summed E-state index contributed by atoms with van der Waals surface area (Å²) >= 11 is 5.63. The number of halogens is 1. The zero-order valence-electron chi connectivity index (χ0n) is 7.41. The maximum absolute atomic E-state index is 5.63. The average molecular weight is 197 g/mol. The molecule has 0 bridgehead atoms. The fraction of sp³-hybridized carbons (Fsp3) is 0.333. The van der Waals surface area contributed by atoms with Gasteiger partial charge in [-0.2, -0.15) is 0 Å². The van der Waals surface area contributed by atoms with Crippen LogP contribution in [0.2, 0.25) is 5.15 Å². The van der Waals surface area contributed by atoms with Crippen LogP contribution in [0.25, 0.3) is 0 Å². The Bertz CT molecular complexity index is 344. The van der Waals surface area contributed by atoms with Crippen LogP contribution < -0.4 is 4.74 Å². The van der Waals surface area contributed by atoms with Crippen molar-refractivity contribution in [3.63, 3.8) is 0 Å². The van der Waals surface area contributed by atoms with Gasteiger partial charge in [-0.1, -0.05) is 17.5 Å². The molecule has 0 atom stereocenters. The molecule has 0 fully saturated rings. The standard InChI is InChI=1S/C9H9ClN2O/c1-4-9(2,3)13-8-5-7(10)11-6-12-8/h1,5-6H,2-3H3. The Labute approximate surface area is 82.1 Å². The summed E-state index contributed by atoms with van der Waals surface area (Å²) in [5, 5.41) is 0.331. The predicted octanol–water partition coefficient (Wildman–Crippen LogP) is 1.92. The van der Waals surface area contributed by atoms with Crippen molar-refractivity contribution in [2.75, 3.05) is 0 Å². The SMILES string of the molecule is C#CC(C)(C)Oc1cc(Cl)ncn1. The number of hydrogen-bond acceptors (Lipinski definition) is 3. The first-order valence-electron chi connectivity index (χ1n) is 3.68. The van der Waals surface area contributed by atoms with Gasteiger partial charge in [0.1, 0.15) is 11.5 Å². The van der Waals surface area contributed by atoms with Gasteiger partial charge < -0.3 is 4.74 Å². The normalized spacial score (nSPS) is 10.6. The molecule has 4 heteroatoms. The van der Waals surface area contributed by atoms with Crippen molar-refractivity contribution in [3.05, 3.63) is 17.5 Å². The molecule has 0 spiro atoms. The molecule has 13 heavy (non-hydrogen) atoms. The molecule has 0 N–H and O–H groups in total. The first kappa shape index (κ1) is 9.82. The minimum Gasteiger partial charge on any atom is -0.458 e. The van der Waals surface area contributed by atoms with Gasteiger partial charge >= 0.3 is 0 Å². The molecule has 0 saturated carbocycles. The highest BCUT2D eigenvalue weighted by Crippen LogP contribution is 2.16. The molecule has 68 valence electrons. The highest BCUT2D eigenvalue weighted by atomic mass is 35.5. The lowest BCUT2D eigenvalue weighted by molar-refractivity contribution is 0.164. The second kappa shape index (κ2) is 3.63. The molecule has 3 nitrogen and oxygen atoms in total. The summed E-state index contributed by atoms with van der Waals surface area (Å²) in [6.45, 7) is 3.53. The van der Waals surface area contributed by atoms with E-state index in [9.17, 15) is 0 Å². The molecule has 0 aromatic carbocycles. The molecule has 1 aromatic rings. The van der Waals surface area contributed by atoms with Gasteiger partial charge in [-0.05, 0) is 13.8 Å². The van der Waals surface area contributed by atoms with Crippen LogP contribution in [0.3, 0.4) is 0 Å². The first-order chi connectivity index (χ1) is 6.03. The van der Waals surface area contributed by atoms with Gasteiger partial charge in [-0.15, -0.1) is 6.42 Å². The molecule has 0 radical (unpaired) electrons. The summed E-state index contributed by atoms with van der Waals surface area (Å²) < 4.78 is 5.36. The monoisotopic (exact) mass is 196 g/mol. The van der Waals surface area contributed by atoms with Gasteiger partial charge in [0.25, 0.3) is 0 Å². The predicted molar refractivity (Wildman–Crippen MR) is 50.6 cm³/mol. The molecule has 0 aliphatic carbocycles. The largest absolute Gasteiger partial charge is 0.458 e. The van der Waals surface area contributed by atoms with E-state index in [1.165, 1.54) is 12.4 Å². The number of hydrogen-bond donors (Lipinski definition) is 0. The van der Waals surface area contributed by atoms with Gasteiger partial charge in [0.05, 0.1) is 0 Å². The number of terminal acetylenes is 1. The maximum atomic E-state index is 5.63. The van der Waals surface area contributed by atoms with Crippen LogP contribution >= 0.6 is 11.6 Å². The lowest BCUT2D eigenvalue weighted by Gasteiger charge is -2.18. The lowest BCUT2D eigenvalue weighted by Crippen LogP contribution is -2.25. The van der Waals surface area contributed by atoms with Crippen molar-refractivity contribution in [1.82, 2.24) is 9.97 Å². The Morgan fingerprint density at radius 3 is 2.77 bits per heavy atom. The van der Waals surface area contributed by atoms with Crippen LogP contribution in [0.1, 0.15) is 13.8 Å². The Morgan fingerprint density at radius 2 is 2.23 bits per heavy atom. The third-order valence-electron chi connectivity index (χ3n) is 1.32. The topological polar surface area (TPSA) is 35.0 Å². The van der Waals surface area contributed by atoms with Crippen LogP contribution in [0.4, 0.5) is 0 Å². The summed E-state index contributed by atoms with van der Waals surface area (Å²) in [7, 11) is 0. The highest BCUT2D eigenvalue weighted by molar-refractivity contribution is 6.29. The zero-order valence-corrected chi connectivity index (χ0v) is 8.17. The van der Waals surface area contributed by atoms with E-state index in [1.54, 1.807) is 13.8 Å². The maximum Gasteiger partial charge on any atom is 0.219 e. The van der Waals surface area contributed by atoms with Gasteiger partial charge in [-0.3, -0.25) is 0 Å². The lowest BCUT2D eigenvalue weighted by atomic mass is 10.1. The Morgan fingerprint density at radius 1 is 1.54 bits per heavy atom. The number of ether oxygens (including phenoxy) is 1. The molecule has 0 saturated heterocycles. The van der Waals surface area contributed by atoms with Gasteiger partial charge in [0.2, 0.25) is 5.88 Å². The molecule has 1 aromatic heterocycles. The van der Waals surface area contributed by atoms with Crippen molar-refractivity contribution in [3.8, 4) is 18.2 Å². The van der Waals surface area contributed by atoms with E-state index in [2.05, 4.69) is 15.9 Å². The van der Waals surface area contributed by atoms with Crippen molar-refractivity contribution in [2.24, 2.45) is 0 Å². The molecule has 1 heterocycles. The summed E-state index contributed by atoms with van der Waals surface area (Å²) in [4.78, 5) is 7.58. The second-order valence-corrected chi connectivity index (χ2v) is 3.32. The zero-order chi connectivity index (χ0) is 9.90. The van der Waals surface area contributed by atoms with E-state index in [-0.39, 0.29) is 0 Å². The van der Waals surface area contributed by atoms with Crippen LogP contribution in [0.5, 0.6) is 5.88 Å². The summed E-state index contributed by atoms with van der Waals surface area (Å²) in [5.74, 6) is 2.86. The minimum absolute atomic E-state index is 0.331. The minimum atomic E-state index is -0.683. The van der Waals surface area contributed by atoms with E-state index < -0.39 is 5.60 Å². The third-order valence-corrected chi connectivity index (χ3v) is 1.52. The Hall–Kier alpha value is -1.27. The van der Waals surface area contributed by atoms with E-state index in [0.717, 1.165) is 0 Å². The van der Waals surface area contributed by atoms with Crippen molar-refractivity contribution < 1.29 is 4.74 Å². The molecule has 1 rings (SSSR count). The summed E-state index contributed by atoms with van der Waals surface area (Å²) in [5.41, 5.74) is -0.683. The van der Waals surface area contributed by atoms with Crippen LogP contribution in [0, 0.1) is 12.3 Å². The number of nitrogens with zero attached hydrogens (tertiary/aromatic N) is 2. The van der Waals surface area contributed by atoms with E-state index in [1.807, 2.05) is 0 Å². The van der Waals surface area contributed by atoms with E-state index >= 15 is 0 Å². The molecular formula is C9H9ClN2O. The third kappa shape index (κ3) is 2.92. The molecular weight excluding hydrogens is 188 g/mol. The Balaban J connectivity index is 2.82. The van der Waals surface area contributed by atoms with Crippen molar-refractivity contribution in [2.45, 2.75) is 19.4 Å².